The van der Waals surface area contributed by atoms with Gasteiger partial charge in [0.05, 0.1) is 12.2 Å². The largest absolute Gasteiger partial charge is 0.412 e. The molecule has 154 valence electrons. The van der Waals surface area contributed by atoms with Gasteiger partial charge in [-0.1, -0.05) is 12.1 Å². The number of halogens is 3. The first-order valence-electron chi connectivity index (χ1n) is 9.41. The number of pyridine rings is 1. The molecule has 1 aliphatic carbocycles. The van der Waals surface area contributed by atoms with E-state index < -0.39 is 11.7 Å². The average molecular weight is 406 g/mol. The highest BCUT2D eigenvalue weighted by molar-refractivity contribution is 5.78. The lowest BCUT2D eigenvalue weighted by atomic mass is 10.0. The van der Waals surface area contributed by atoms with E-state index in [4.69, 9.17) is 0 Å². The summed E-state index contributed by atoms with van der Waals surface area (Å²) >= 11 is 0. The maximum absolute atomic E-state index is 12.8. The molecule has 2 aromatic rings. The number of nitrogens with one attached hydrogen (secondary N) is 2. The van der Waals surface area contributed by atoms with Crippen molar-refractivity contribution in [2.24, 2.45) is 0 Å². The van der Waals surface area contributed by atoms with Gasteiger partial charge in [-0.3, -0.25) is 9.69 Å². The first-order chi connectivity index (χ1) is 13.8. The van der Waals surface area contributed by atoms with Crippen LogP contribution in [0.2, 0.25) is 0 Å². The lowest BCUT2D eigenvalue weighted by molar-refractivity contribution is -0.124. The molecule has 2 aromatic heterocycles. The number of rotatable bonds is 4. The van der Waals surface area contributed by atoms with Crippen LogP contribution in [0, 0.1) is 0 Å². The predicted molar refractivity (Wildman–Crippen MR) is 101 cm³/mol. The highest BCUT2D eigenvalue weighted by Crippen LogP contribution is 2.33. The molecular formula is C19H21F3N6O. The number of nitrogens with zero attached hydrogens (tertiary/aromatic N) is 4. The number of amides is 1. The van der Waals surface area contributed by atoms with E-state index in [-0.39, 0.29) is 24.8 Å². The maximum atomic E-state index is 12.8. The van der Waals surface area contributed by atoms with Gasteiger partial charge in [-0.25, -0.2) is 4.52 Å². The van der Waals surface area contributed by atoms with Crippen molar-refractivity contribution in [3.8, 4) is 0 Å². The Balaban J connectivity index is 1.56. The fourth-order valence-corrected chi connectivity index (χ4v) is 3.59. The normalized spacial score (nSPS) is 19.5. The van der Waals surface area contributed by atoms with E-state index in [1.807, 2.05) is 25.1 Å². The standard InChI is InChI=1S/C19H21F3N6O/c1-12(27-10-9-23-17(29)11-27)15-3-2-4-16-25-18(26-28(15)16)24-14-7-5-13(6-8-14)19(20,21)22/h2-5,7,12H,6,8-11H2,1H3,(H,23,29)(H,24,26). The lowest BCUT2D eigenvalue weighted by Crippen LogP contribution is -2.48. The molecule has 3 heterocycles. The van der Waals surface area contributed by atoms with E-state index in [2.05, 4.69) is 25.6 Å². The van der Waals surface area contributed by atoms with Gasteiger partial charge in [-0.15, -0.1) is 5.10 Å². The minimum Gasteiger partial charge on any atom is -0.354 e. The Hall–Kier alpha value is -2.88. The van der Waals surface area contributed by atoms with Crippen LogP contribution in [0.4, 0.5) is 19.1 Å². The molecule has 1 unspecified atom stereocenters. The van der Waals surface area contributed by atoms with Crippen molar-refractivity contribution in [1.29, 1.82) is 0 Å². The first kappa shape index (κ1) is 19.4. The Bertz CT molecular complexity index is 993. The molecule has 1 amide bonds. The molecule has 7 nitrogen and oxygen atoms in total. The second-order valence-corrected chi connectivity index (χ2v) is 7.16. The summed E-state index contributed by atoms with van der Waals surface area (Å²) < 4.78 is 40.0. The summed E-state index contributed by atoms with van der Waals surface area (Å²) in [6, 6.07) is 5.57. The minimum absolute atomic E-state index is 0.00765. The molecule has 1 saturated heterocycles. The van der Waals surface area contributed by atoms with Crippen LogP contribution in [0.15, 0.2) is 41.6 Å². The van der Waals surface area contributed by atoms with E-state index in [1.54, 1.807) is 4.52 Å². The second kappa shape index (κ2) is 7.51. The molecule has 0 saturated carbocycles. The number of aromatic nitrogens is 3. The van der Waals surface area contributed by atoms with Gasteiger partial charge in [-0.05, 0) is 38.0 Å². The number of anilines is 1. The monoisotopic (exact) mass is 406 g/mol. The van der Waals surface area contributed by atoms with Crippen LogP contribution in [-0.2, 0) is 4.79 Å². The van der Waals surface area contributed by atoms with Crippen molar-refractivity contribution in [3.63, 3.8) is 0 Å². The highest BCUT2D eigenvalue weighted by atomic mass is 19.4. The van der Waals surface area contributed by atoms with Crippen LogP contribution in [0.3, 0.4) is 0 Å². The molecule has 0 radical (unpaired) electrons. The van der Waals surface area contributed by atoms with E-state index in [1.165, 1.54) is 6.08 Å². The number of hydrogen-bond acceptors (Lipinski definition) is 5. The summed E-state index contributed by atoms with van der Waals surface area (Å²) in [4.78, 5) is 18.2. The maximum Gasteiger partial charge on any atom is 0.412 e. The summed E-state index contributed by atoms with van der Waals surface area (Å²) in [6.45, 7) is 3.67. The Morgan fingerprint density at radius 3 is 2.76 bits per heavy atom. The van der Waals surface area contributed by atoms with Crippen molar-refractivity contribution in [1.82, 2.24) is 24.8 Å². The molecule has 4 rings (SSSR count). The molecule has 0 aromatic carbocycles. The number of alkyl halides is 3. The Kier molecular flexibility index (Phi) is 5.03. The van der Waals surface area contributed by atoms with Gasteiger partial charge in [0.15, 0.2) is 5.65 Å². The molecule has 1 aliphatic heterocycles. The number of allylic oxidation sites excluding steroid dienone is 4. The molecule has 1 atom stereocenters. The first-order valence-corrected chi connectivity index (χ1v) is 9.41. The van der Waals surface area contributed by atoms with Crippen molar-refractivity contribution in [3.05, 3.63) is 47.3 Å². The predicted octanol–water partition coefficient (Wildman–Crippen LogP) is 2.80. The second-order valence-electron chi connectivity index (χ2n) is 7.16. The number of piperazine rings is 1. The van der Waals surface area contributed by atoms with E-state index in [9.17, 15) is 18.0 Å². The van der Waals surface area contributed by atoms with Crippen molar-refractivity contribution in [2.45, 2.75) is 32.0 Å². The summed E-state index contributed by atoms with van der Waals surface area (Å²) in [5.41, 5.74) is 1.61. The topological polar surface area (TPSA) is 74.6 Å². The highest BCUT2D eigenvalue weighted by Gasteiger charge is 2.33. The smallest absolute Gasteiger partial charge is 0.354 e. The number of carbonyl (C=O) groups excluding carboxylic acids is 1. The molecule has 2 aliphatic rings. The Morgan fingerprint density at radius 1 is 1.24 bits per heavy atom. The van der Waals surface area contributed by atoms with Crippen LogP contribution in [0.1, 0.15) is 31.5 Å². The molecular weight excluding hydrogens is 385 g/mol. The molecule has 2 N–H and O–H groups in total. The van der Waals surface area contributed by atoms with Gasteiger partial charge in [0.1, 0.15) is 0 Å². The molecule has 10 heteroatoms. The number of carbonyl (C=O) groups is 1. The Labute approximate surface area is 165 Å². The minimum atomic E-state index is -4.29. The van der Waals surface area contributed by atoms with Crippen LogP contribution in [0.5, 0.6) is 0 Å². The lowest BCUT2D eigenvalue weighted by Gasteiger charge is -2.32. The number of hydrogen-bond donors (Lipinski definition) is 2. The van der Waals surface area contributed by atoms with Gasteiger partial charge in [0, 0.05) is 30.4 Å². The van der Waals surface area contributed by atoms with Crippen molar-refractivity contribution >= 4 is 17.5 Å². The van der Waals surface area contributed by atoms with Gasteiger partial charge in [0.25, 0.3) is 0 Å². The quantitative estimate of drug-likeness (QED) is 0.817. The zero-order valence-corrected chi connectivity index (χ0v) is 15.8. The Morgan fingerprint density at radius 2 is 2.07 bits per heavy atom. The third kappa shape index (κ3) is 4.12. The van der Waals surface area contributed by atoms with E-state index in [0.717, 1.165) is 18.3 Å². The van der Waals surface area contributed by atoms with E-state index in [0.29, 0.717) is 30.4 Å². The molecule has 29 heavy (non-hydrogen) atoms. The summed E-state index contributed by atoms with van der Waals surface area (Å²) in [7, 11) is 0. The van der Waals surface area contributed by atoms with Crippen molar-refractivity contribution < 1.29 is 18.0 Å². The summed E-state index contributed by atoms with van der Waals surface area (Å²) in [6.07, 6.45) is -1.60. The fourth-order valence-electron chi connectivity index (χ4n) is 3.59. The number of fused-ring (bicyclic) bond motifs is 1. The summed E-state index contributed by atoms with van der Waals surface area (Å²) in [5.74, 6) is 0.322. The van der Waals surface area contributed by atoms with E-state index >= 15 is 0 Å². The van der Waals surface area contributed by atoms with Gasteiger partial charge < -0.3 is 10.6 Å². The SMILES string of the molecule is CC(c1cccc2nc(NC3=CC=C(C(F)(F)F)CC3)nn12)N1CCNC(=O)C1. The zero-order valence-electron chi connectivity index (χ0n) is 15.8. The van der Waals surface area contributed by atoms with Crippen LogP contribution >= 0.6 is 0 Å². The fraction of sp³-hybridized carbons (Fsp3) is 0.421. The third-order valence-corrected chi connectivity index (χ3v) is 5.22. The van der Waals surface area contributed by atoms with Gasteiger partial charge in [-0.2, -0.15) is 18.2 Å². The van der Waals surface area contributed by atoms with Crippen LogP contribution < -0.4 is 10.6 Å². The molecule has 0 bridgehead atoms. The summed E-state index contributed by atoms with van der Waals surface area (Å²) in [5, 5.41) is 10.3. The van der Waals surface area contributed by atoms with Crippen LogP contribution in [-0.4, -0.2) is 51.2 Å². The molecule has 0 spiro atoms. The molecule has 1 fully saturated rings. The van der Waals surface area contributed by atoms with Crippen molar-refractivity contribution in [2.75, 3.05) is 25.0 Å². The zero-order chi connectivity index (χ0) is 20.6. The van der Waals surface area contributed by atoms with Gasteiger partial charge in [0.2, 0.25) is 11.9 Å². The average Bonchev–Trinajstić information content (AvgIpc) is 3.09. The third-order valence-electron chi connectivity index (χ3n) is 5.22. The van der Waals surface area contributed by atoms with Gasteiger partial charge >= 0.3 is 6.18 Å². The van der Waals surface area contributed by atoms with Crippen LogP contribution in [0.25, 0.3) is 5.65 Å².